The summed E-state index contributed by atoms with van der Waals surface area (Å²) in [7, 11) is 0. The summed E-state index contributed by atoms with van der Waals surface area (Å²) in [4.78, 5) is 34.7. The fourth-order valence-electron chi connectivity index (χ4n) is 4.14. The van der Waals surface area contributed by atoms with E-state index in [1.54, 1.807) is 11.0 Å². The lowest BCUT2D eigenvalue weighted by molar-refractivity contribution is 0.0742. The van der Waals surface area contributed by atoms with Crippen molar-refractivity contribution in [3.05, 3.63) is 53.0 Å². The first-order valence-corrected chi connectivity index (χ1v) is 10.2. The number of anilines is 2. The fourth-order valence-corrected chi connectivity index (χ4v) is 4.14. The Morgan fingerprint density at radius 2 is 1.90 bits per heavy atom. The van der Waals surface area contributed by atoms with Crippen molar-refractivity contribution in [1.82, 2.24) is 15.2 Å². The van der Waals surface area contributed by atoms with Crippen molar-refractivity contribution in [1.29, 1.82) is 0 Å². The van der Waals surface area contributed by atoms with Crippen LogP contribution in [0.15, 0.2) is 30.5 Å². The standard InChI is InChI=1S/C22H26FN5O2/c1-14-10-15(2)20(24-12-14)26-6-8-27(9-7-26)21(29)18-5-4-17(11-19(18)23)28-16(3)13-25-22(28)30/h4-5,10-12,16H,6-9,13H2,1-3H3,(H,25,30)/t16-/m0/s1. The smallest absolute Gasteiger partial charge is 0.322 e. The van der Waals surface area contributed by atoms with Gasteiger partial charge in [-0.3, -0.25) is 9.69 Å². The second kappa shape index (κ2) is 7.93. The molecule has 0 aliphatic carbocycles. The number of nitrogens with zero attached hydrogens (tertiary/aromatic N) is 4. The van der Waals surface area contributed by atoms with Gasteiger partial charge in [-0.25, -0.2) is 14.2 Å². The largest absolute Gasteiger partial charge is 0.353 e. The Labute approximate surface area is 175 Å². The second-order valence-electron chi connectivity index (χ2n) is 8.00. The molecule has 8 heteroatoms. The molecule has 0 spiro atoms. The summed E-state index contributed by atoms with van der Waals surface area (Å²) in [6, 6.07) is 6.15. The summed E-state index contributed by atoms with van der Waals surface area (Å²) in [5.41, 5.74) is 2.71. The predicted octanol–water partition coefficient (Wildman–Crippen LogP) is 2.72. The minimum Gasteiger partial charge on any atom is -0.353 e. The third kappa shape index (κ3) is 3.69. The van der Waals surface area contributed by atoms with Gasteiger partial charge in [0, 0.05) is 44.6 Å². The molecule has 0 radical (unpaired) electrons. The van der Waals surface area contributed by atoms with E-state index in [-0.39, 0.29) is 23.5 Å². The Kier molecular flexibility index (Phi) is 5.32. The zero-order valence-electron chi connectivity index (χ0n) is 17.5. The molecule has 1 aromatic heterocycles. The van der Waals surface area contributed by atoms with Crippen molar-refractivity contribution in [2.24, 2.45) is 0 Å². The van der Waals surface area contributed by atoms with Gasteiger partial charge in [-0.05, 0) is 50.1 Å². The van der Waals surface area contributed by atoms with E-state index in [4.69, 9.17) is 0 Å². The van der Waals surface area contributed by atoms with Gasteiger partial charge in [-0.15, -0.1) is 0 Å². The number of piperazine rings is 1. The number of hydrogen-bond acceptors (Lipinski definition) is 4. The van der Waals surface area contributed by atoms with Crippen molar-refractivity contribution in [3.63, 3.8) is 0 Å². The molecule has 3 amide bonds. The van der Waals surface area contributed by atoms with E-state index < -0.39 is 5.82 Å². The predicted molar refractivity (Wildman–Crippen MR) is 114 cm³/mol. The Morgan fingerprint density at radius 1 is 1.17 bits per heavy atom. The topological polar surface area (TPSA) is 68.8 Å². The first kappa shape index (κ1) is 20.1. The van der Waals surface area contributed by atoms with Gasteiger partial charge >= 0.3 is 6.03 Å². The van der Waals surface area contributed by atoms with Gasteiger partial charge in [0.2, 0.25) is 0 Å². The van der Waals surface area contributed by atoms with Crippen LogP contribution < -0.4 is 15.1 Å². The number of urea groups is 1. The third-order valence-electron chi connectivity index (χ3n) is 5.72. The quantitative estimate of drug-likeness (QED) is 0.843. The fraction of sp³-hybridized carbons (Fsp3) is 0.409. The number of amides is 3. The van der Waals surface area contributed by atoms with E-state index in [1.165, 1.54) is 17.0 Å². The highest BCUT2D eigenvalue weighted by Gasteiger charge is 2.30. The Hall–Kier alpha value is -3.16. The molecule has 1 N–H and O–H groups in total. The molecule has 158 valence electrons. The molecule has 3 heterocycles. The monoisotopic (exact) mass is 411 g/mol. The lowest BCUT2D eigenvalue weighted by Gasteiger charge is -2.36. The van der Waals surface area contributed by atoms with Crippen molar-refractivity contribution < 1.29 is 14.0 Å². The number of carbonyl (C=O) groups excluding carboxylic acids is 2. The number of aromatic nitrogens is 1. The SMILES string of the molecule is Cc1cnc(N2CCN(C(=O)c3ccc(N4C(=O)NC[C@@H]4C)cc3F)CC2)c(C)c1. The molecule has 2 fully saturated rings. The zero-order chi connectivity index (χ0) is 21.4. The molecule has 1 aromatic carbocycles. The Balaban J connectivity index is 1.45. The number of rotatable bonds is 3. The number of nitrogens with one attached hydrogen (secondary N) is 1. The highest BCUT2D eigenvalue weighted by atomic mass is 19.1. The van der Waals surface area contributed by atoms with Crippen molar-refractivity contribution in [3.8, 4) is 0 Å². The van der Waals surface area contributed by atoms with Crippen molar-refractivity contribution in [2.45, 2.75) is 26.8 Å². The first-order valence-electron chi connectivity index (χ1n) is 10.2. The lowest BCUT2D eigenvalue weighted by atomic mass is 10.1. The van der Waals surface area contributed by atoms with Crippen LogP contribution in [0.5, 0.6) is 0 Å². The minimum atomic E-state index is -0.608. The summed E-state index contributed by atoms with van der Waals surface area (Å²) in [6.45, 7) is 8.74. The van der Waals surface area contributed by atoms with E-state index in [0.717, 1.165) is 16.9 Å². The summed E-state index contributed by atoms with van der Waals surface area (Å²) >= 11 is 0. The summed E-state index contributed by atoms with van der Waals surface area (Å²) < 4.78 is 14.8. The molecule has 0 bridgehead atoms. The van der Waals surface area contributed by atoms with E-state index in [2.05, 4.69) is 21.3 Å². The van der Waals surface area contributed by atoms with Crippen LogP contribution in [0.25, 0.3) is 0 Å². The van der Waals surface area contributed by atoms with Gasteiger partial charge in [0.15, 0.2) is 0 Å². The highest BCUT2D eigenvalue weighted by Crippen LogP contribution is 2.25. The number of carbonyl (C=O) groups is 2. The molecule has 30 heavy (non-hydrogen) atoms. The van der Waals surface area contributed by atoms with E-state index in [1.807, 2.05) is 27.0 Å². The second-order valence-corrected chi connectivity index (χ2v) is 8.00. The lowest BCUT2D eigenvalue weighted by Crippen LogP contribution is -2.49. The number of pyridine rings is 1. The molecule has 0 unspecified atom stereocenters. The summed E-state index contributed by atoms with van der Waals surface area (Å²) in [5.74, 6) is -0.00433. The molecule has 2 aromatic rings. The number of aryl methyl sites for hydroxylation is 2. The van der Waals surface area contributed by atoms with E-state index in [9.17, 15) is 14.0 Å². The highest BCUT2D eigenvalue weighted by molar-refractivity contribution is 5.97. The molecule has 2 aliphatic heterocycles. The molecule has 1 atom stereocenters. The average Bonchev–Trinajstić information content (AvgIpc) is 3.06. The number of hydrogen-bond donors (Lipinski definition) is 1. The van der Waals surface area contributed by atoms with E-state index in [0.29, 0.717) is 38.4 Å². The van der Waals surface area contributed by atoms with Crippen molar-refractivity contribution in [2.75, 3.05) is 42.5 Å². The minimum absolute atomic E-state index is 0.0316. The first-order chi connectivity index (χ1) is 14.3. The van der Waals surface area contributed by atoms with Crippen LogP contribution in [0, 0.1) is 19.7 Å². The molecule has 7 nitrogen and oxygen atoms in total. The maximum absolute atomic E-state index is 14.8. The Morgan fingerprint density at radius 3 is 2.50 bits per heavy atom. The number of benzene rings is 1. The maximum atomic E-state index is 14.8. The zero-order valence-corrected chi connectivity index (χ0v) is 17.5. The summed E-state index contributed by atoms with van der Waals surface area (Å²) in [6.07, 6.45) is 1.85. The third-order valence-corrected chi connectivity index (χ3v) is 5.72. The average molecular weight is 411 g/mol. The van der Waals surface area contributed by atoms with Crippen LogP contribution in [0.2, 0.25) is 0 Å². The van der Waals surface area contributed by atoms with E-state index >= 15 is 0 Å². The Bertz CT molecular complexity index is 987. The molecular formula is C22H26FN5O2. The van der Waals surface area contributed by atoms with Crippen LogP contribution in [0.3, 0.4) is 0 Å². The molecule has 0 saturated carbocycles. The van der Waals surface area contributed by atoms with Crippen LogP contribution in [0.4, 0.5) is 20.7 Å². The normalized spacial score (nSPS) is 19.3. The summed E-state index contributed by atoms with van der Waals surface area (Å²) in [5, 5.41) is 2.73. The molecule has 2 aliphatic rings. The van der Waals surface area contributed by atoms with Gasteiger partial charge in [-0.1, -0.05) is 6.07 Å². The molecule has 4 rings (SSSR count). The maximum Gasteiger partial charge on any atom is 0.322 e. The van der Waals surface area contributed by atoms with Gasteiger partial charge in [0.05, 0.1) is 11.6 Å². The van der Waals surface area contributed by atoms with Crippen LogP contribution in [-0.4, -0.2) is 60.6 Å². The number of halogens is 1. The van der Waals surface area contributed by atoms with Gasteiger partial charge in [0.25, 0.3) is 5.91 Å². The van der Waals surface area contributed by atoms with Crippen LogP contribution in [-0.2, 0) is 0 Å². The van der Waals surface area contributed by atoms with Gasteiger partial charge < -0.3 is 15.1 Å². The molecule has 2 saturated heterocycles. The van der Waals surface area contributed by atoms with Crippen LogP contribution in [0.1, 0.15) is 28.4 Å². The van der Waals surface area contributed by atoms with Crippen LogP contribution >= 0.6 is 0 Å². The molecular weight excluding hydrogens is 385 g/mol. The van der Waals surface area contributed by atoms with Crippen molar-refractivity contribution >= 4 is 23.4 Å². The van der Waals surface area contributed by atoms with Gasteiger partial charge in [0.1, 0.15) is 11.6 Å². The van der Waals surface area contributed by atoms with Gasteiger partial charge in [-0.2, -0.15) is 0 Å².